The first-order valence-electron chi connectivity index (χ1n) is 10.1. The average Bonchev–Trinajstić information content (AvgIpc) is 3.25. The molecule has 1 N–H and O–H groups in total. The topological polar surface area (TPSA) is 108 Å². The van der Waals surface area contributed by atoms with Crippen LogP contribution in [-0.4, -0.2) is 58.3 Å². The van der Waals surface area contributed by atoms with Gasteiger partial charge >= 0.3 is 6.36 Å². The monoisotopic (exact) mass is 483 g/mol. The van der Waals surface area contributed by atoms with Gasteiger partial charge in [-0.05, 0) is 37.5 Å². The Morgan fingerprint density at radius 1 is 1.24 bits per heavy atom. The number of nitrogens with one attached hydrogen (secondary N) is 1. The molecule has 33 heavy (non-hydrogen) atoms. The minimum Gasteiger partial charge on any atom is -0.466 e. The van der Waals surface area contributed by atoms with Gasteiger partial charge in [0, 0.05) is 0 Å². The quantitative estimate of drug-likeness (QED) is 0.510. The maximum Gasteiger partial charge on any atom is 0.522 e. The lowest BCUT2D eigenvalue weighted by Crippen LogP contribution is -2.41. The summed E-state index contributed by atoms with van der Waals surface area (Å²) in [5.41, 5.74) is 2.66. The van der Waals surface area contributed by atoms with E-state index in [0.29, 0.717) is 23.4 Å². The van der Waals surface area contributed by atoms with Crippen LogP contribution in [0.15, 0.2) is 24.4 Å². The number of hydrogen-bond donors (Lipinski definition) is 1. The van der Waals surface area contributed by atoms with Gasteiger partial charge in [-0.25, -0.2) is 4.98 Å². The molecule has 1 aliphatic rings. The van der Waals surface area contributed by atoms with Gasteiger partial charge in [-0.3, -0.25) is 14.5 Å². The largest absolute Gasteiger partial charge is 0.522 e. The Labute approximate surface area is 190 Å². The van der Waals surface area contributed by atoms with Crippen molar-refractivity contribution in [3.63, 3.8) is 0 Å². The van der Waals surface area contributed by atoms with Crippen LogP contribution >= 0.6 is 11.3 Å². The summed E-state index contributed by atoms with van der Waals surface area (Å²) in [6, 6.07) is 5.44. The normalized spacial score (nSPS) is 18.9. The summed E-state index contributed by atoms with van der Waals surface area (Å²) < 4.78 is 50.5. The number of fused-ring (bicyclic) bond motifs is 1. The second kappa shape index (κ2) is 9.93. The van der Waals surface area contributed by atoms with Crippen LogP contribution < -0.4 is 10.1 Å². The number of ether oxygens (including phenoxy) is 3. The molecule has 0 bridgehead atoms. The van der Waals surface area contributed by atoms with E-state index >= 15 is 0 Å². The first-order chi connectivity index (χ1) is 15.8. The molecule has 2 aromatic heterocycles. The molecule has 2 atom stereocenters. The Balaban J connectivity index is 1.25. The number of rotatable bonds is 7. The highest BCUT2D eigenvalue weighted by atomic mass is 32.1. The number of hydrogen-bond acceptors (Lipinski definition) is 9. The minimum absolute atomic E-state index is 0.139. The van der Waals surface area contributed by atoms with Crippen molar-refractivity contribution in [2.24, 2.45) is 0 Å². The molecule has 3 heterocycles. The van der Waals surface area contributed by atoms with Crippen molar-refractivity contribution in [2.75, 3.05) is 19.8 Å². The molecule has 3 aromatic rings. The third kappa shape index (κ3) is 6.33. The van der Waals surface area contributed by atoms with Gasteiger partial charge < -0.3 is 14.8 Å². The van der Waals surface area contributed by atoms with Gasteiger partial charge in [-0.15, -0.1) is 18.3 Å². The van der Waals surface area contributed by atoms with Crippen molar-refractivity contribution in [3.8, 4) is 5.19 Å². The minimum atomic E-state index is -4.70. The summed E-state index contributed by atoms with van der Waals surface area (Å²) >= 11 is 1.10. The van der Waals surface area contributed by atoms with E-state index in [1.165, 1.54) is 6.20 Å². The van der Waals surface area contributed by atoms with E-state index in [1.807, 2.05) is 25.1 Å². The van der Waals surface area contributed by atoms with Crippen LogP contribution in [0.5, 0.6) is 5.19 Å². The average molecular weight is 483 g/mol. The van der Waals surface area contributed by atoms with Crippen LogP contribution in [0, 0.1) is 6.92 Å². The number of aromatic nitrogens is 4. The molecule has 0 radical (unpaired) electrons. The number of aryl methyl sites for hydroxylation is 1. The second-order valence-electron chi connectivity index (χ2n) is 7.37. The highest BCUT2D eigenvalue weighted by Crippen LogP contribution is 2.32. The Kier molecular flexibility index (Phi) is 7.00. The van der Waals surface area contributed by atoms with E-state index in [9.17, 15) is 18.0 Å². The molecule has 176 valence electrons. The standard InChI is InChI=1S/C20H20F3N5O4S/c1-11-2-4-13-14(8-11)24-9-15(26-13)17(29)25-12-3-5-16(31-10-12)18-27-28-19(33-18)30-6-7-32-20(21,22)23/h2,4,8-9,12,16H,3,5-7,10H2,1H3,(H,25,29)/t12-,16+/m1/s1. The van der Waals surface area contributed by atoms with Crippen LogP contribution in [0.4, 0.5) is 13.2 Å². The van der Waals surface area contributed by atoms with E-state index in [4.69, 9.17) is 9.47 Å². The van der Waals surface area contributed by atoms with E-state index < -0.39 is 13.0 Å². The van der Waals surface area contributed by atoms with Crippen LogP contribution in [-0.2, 0) is 9.47 Å². The molecule has 1 amide bonds. The van der Waals surface area contributed by atoms with Gasteiger partial charge in [0.2, 0.25) is 0 Å². The van der Waals surface area contributed by atoms with E-state index in [1.54, 1.807) is 0 Å². The molecule has 1 aliphatic heterocycles. The van der Waals surface area contributed by atoms with Gasteiger partial charge in [-0.1, -0.05) is 22.5 Å². The van der Waals surface area contributed by atoms with Crippen molar-refractivity contribution < 1.29 is 32.2 Å². The zero-order valence-electron chi connectivity index (χ0n) is 17.5. The Hall–Kier alpha value is -2.90. The first kappa shape index (κ1) is 23.3. The molecular formula is C20H20F3N5O4S. The molecule has 1 saturated heterocycles. The lowest BCUT2D eigenvalue weighted by molar-refractivity contribution is -0.325. The first-order valence-corrected chi connectivity index (χ1v) is 10.9. The number of halogens is 3. The number of nitrogens with zero attached hydrogens (tertiary/aromatic N) is 4. The van der Waals surface area contributed by atoms with Gasteiger partial charge in [0.05, 0.1) is 36.5 Å². The number of amides is 1. The number of carbonyl (C=O) groups excluding carboxylic acids is 1. The second-order valence-corrected chi connectivity index (χ2v) is 8.34. The maximum absolute atomic E-state index is 12.6. The van der Waals surface area contributed by atoms with Gasteiger partial charge in [0.25, 0.3) is 11.1 Å². The predicted molar refractivity (Wildman–Crippen MR) is 111 cm³/mol. The SMILES string of the molecule is Cc1ccc2nc(C(=O)N[C@@H]3CC[C@@H](c4nnc(OCCOC(F)(F)F)s4)OC3)cnc2c1. The van der Waals surface area contributed by atoms with Crippen LogP contribution in [0.1, 0.15) is 40.0 Å². The molecule has 9 nitrogen and oxygen atoms in total. The van der Waals surface area contributed by atoms with Crippen molar-refractivity contribution in [1.29, 1.82) is 0 Å². The fourth-order valence-corrected chi connectivity index (χ4v) is 4.05. The molecule has 1 aromatic carbocycles. The van der Waals surface area contributed by atoms with E-state index in [-0.39, 0.29) is 42.2 Å². The zero-order chi connectivity index (χ0) is 23.4. The highest BCUT2D eigenvalue weighted by molar-refractivity contribution is 7.13. The third-order valence-electron chi connectivity index (χ3n) is 4.81. The van der Waals surface area contributed by atoms with Gasteiger partial charge in [0.15, 0.2) is 0 Å². The molecule has 0 spiro atoms. The van der Waals surface area contributed by atoms with Crippen molar-refractivity contribution >= 4 is 28.3 Å². The summed E-state index contributed by atoms with van der Waals surface area (Å²) in [6.07, 6.45) is -2.35. The Morgan fingerprint density at radius 3 is 2.85 bits per heavy atom. The smallest absolute Gasteiger partial charge is 0.466 e. The molecule has 1 fully saturated rings. The third-order valence-corrected chi connectivity index (χ3v) is 5.74. The molecular weight excluding hydrogens is 463 g/mol. The molecule has 0 saturated carbocycles. The fraction of sp³-hybridized carbons (Fsp3) is 0.450. The molecule has 0 unspecified atom stereocenters. The summed E-state index contributed by atoms with van der Waals surface area (Å²) in [5.74, 6) is -0.329. The summed E-state index contributed by atoms with van der Waals surface area (Å²) in [5, 5.41) is 11.4. The Morgan fingerprint density at radius 2 is 2.09 bits per heavy atom. The lowest BCUT2D eigenvalue weighted by atomic mass is 10.1. The summed E-state index contributed by atoms with van der Waals surface area (Å²) in [7, 11) is 0. The zero-order valence-corrected chi connectivity index (χ0v) is 18.3. The Bertz CT molecular complexity index is 1120. The van der Waals surface area contributed by atoms with E-state index in [0.717, 1.165) is 22.4 Å². The van der Waals surface area contributed by atoms with Crippen molar-refractivity contribution in [2.45, 2.75) is 38.3 Å². The molecule has 13 heteroatoms. The predicted octanol–water partition coefficient (Wildman–Crippen LogP) is 3.36. The highest BCUT2D eigenvalue weighted by Gasteiger charge is 2.29. The molecule has 4 rings (SSSR count). The maximum atomic E-state index is 12.6. The number of alkyl halides is 3. The fourth-order valence-electron chi connectivity index (χ4n) is 3.24. The van der Waals surface area contributed by atoms with Crippen molar-refractivity contribution in [3.05, 3.63) is 40.7 Å². The molecule has 0 aliphatic carbocycles. The van der Waals surface area contributed by atoms with Crippen LogP contribution in [0.3, 0.4) is 0 Å². The van der Waals surface area contributed by atoms with E-state index in [2.05, 4.69) is 30.2 Å². The van der Waals surface area contributed by atoms with Crippen molar-refractivity contribution in [1.82, 2.24) is 25.5 Å². The van der Waals surface area contributed by atoms with Crippen LogP contribution in [0.25, 0.3) is 11.0 Å². The number of carbonyl (C=O) groups is 1. The van der Waals surface area contributed by atoms with Crippen LogP contribution in [0.2, 0.25) is 0 Å². The summed E-state index contributed by atoms with van der Waals surface area (Å²) in [4.78, 5) is 21.3. The lowest BCUT2D eigenvalue weighted by Gasteiger charge is -2.28. The number of benzene rings is 1. The summed E-state index contributed by atoms with van der Waals surface area (Å²) in [6.45, 7) is 1.29. The van der Waals surface area contributed by atoms with Gasteiger partial charge in [0.1, 0.15) is 23.4 Å². The van der Waals surface area contributed by atoms with Gasteiger partial charge in [-0.2, -0.15) is 0 Å².